The first-order valence-corrected chi connectivity index (χ1v) is 26.9. The van der Waals surface area contributed by atoms with E-state index in [1.807, 2.05) is 72.8 Å². The lowest BCUT2D eigenvalue weighted by Crippen LogP contribution is -1.98. The number of para-hydroxylation sites is 3. The van der Waals surface area contributed by atoms with Crippen LogP contribution in [0.2, 0.25) is 0 Å². The molecule has 13 aromatic rings. The van der Waals surface area contributed by atoms with E-state index in [2.05, 4.69) is 156 Å². The molecule has 6 heterocycles. The fourth-order valence-corrected chi connectivity index (χ4v) is 14.1. The number of hydrogen-bond donors (Lipinski definition) is 0. The summed E-state index contributed by atoms with van der Waals surface area (Å²) in [6.45, 7) is 22.3. The van der Waals surface area contributed by atoms with Crippen LogP contribution < -0.4 is 0 Å². The Morgan fingerprint density at radius 1 is 0.372 bits per heavy atom. The second-order valence-electron chi connectivity index (χ2n) is 18.3. The topological polar surface area (TPSA) is 99.2 Å². The van der Waals surface area contributed by atoms with Crippen molar-refractivity contribution >= 4 is 116 Å². The van der Waals surface area contributed by atoms with Crippen molar-refractivity contribution in [3.63, 3.8) is 0 Å². The molecule has 0 bridgehead atoms. The highest BCUT2D eigenvalue weighted by Gasteiger charge is 2.32. The summed E-state index contributed by atoms with van der Waals surface area (Å²) in [4.78, 5) is 13.3. The Kier molecular flexibility index (Phi) is 11.5. The number of allylic oxidation sites excluding steroid dienone is 3. The van der Waals surface area contributed by atoms with Crippen LogP contribution >= 0.6 is 34.0 Å². The van der Waals surface area contributed by atoms with Gasteiger partial charge in [0.1, 0.15) is 0 Å². The van der Waals surface area contributed by atoms with Gasteiger partial charge in [0.25, 0.3) is 17.1 Å². The van der Waals surface area contributed by atoms with Crippen LogP contribution in [0.4, 0.5) is 0 Å². The highest BCUT2D eigenvalue weighted by molar-refractivity contribution is 7.25. The Morgan fingerprint density at radius 2 is 0.628 bits per heavy atom. The molecule has 360 valence electrons. The lowest BCUT2D eigenvalue weighted by atomic mass is 10.1. The molecule has 0 N–H and O–H groups in total. The molecule has 0 saturated carbocycles. The Bertz CT molecular complexity index is 4400. The Morgan fingerprint density at radius 3 is 0.859 bits per heavy atom. The molecule has 13 rings (SSSR count). The van der Waals surface area contributed by atoms with Crippen molar-refractivity contribution in [3.05, 3.63) is 250 Å². The molecule has 0 aliphatic carbocycles. The first kappa shape index (κ1) is 46.9. The lowest BCUT2D eigenvalue weighted by Gasteiger charge is -2.14. The van der Waals surface area contributed by atoms with E-state index in [1.54, 1.807) is 52.2 Å². The predicted molar refractivity (Wildman–Crippen MR) is 320 cm³/mol. The van der Waals surface area contributed by atoms with Crippen molar-refractivity contribution in [1.82, 2.24) is 13.7 Å². The van der Waals surface area contributed by atoms with Crippen LogP contribution in [-0.4, -0.2) is 13.7 Å². The van der Waals surface area contributed by atoms with E-state index in [9.17, 15) is 15.8 Å². The van der Waals surface area contributed by atoms with Crippen LogP contribution in [0.15, 0.2) is 199 Å². The molecular formula is C66H33N9S3. The number of fused-ring (bicyclic) bond motifs is 12. The number of hydrogen-bond acceptors (Lipinski definition) is 6. The third-order valence-electron chi connectivity index (χ3n) is 13.9. The quantitative estimate of drug-likeness (QED) is 0.106. The van der Waals surface area contributed by atoms with Gasteiger partial charge in [0, 0.05) is 47.9 Å². The summed E-state index contributed by atoms with van der Waals surface area (Å²) in [5.74, 6) is 0. The van der Waals surface area contributed by atoms with Gasteiger partial charge in [-0.2, -0.15) is 0 Å². The minimum absolute atomic E-state index is 0.0292. The van der Waals surface area contributed by atoms with E-state index in [0.717, 1.165) is 128 Å². The lowest BCUT2D eigenvalue weighted by molar-refractivity contribution is 1.17. The van der Waals surface area contributed by atoms with Crippen LogP contribution in [0, 0.1) is 53.7 Å². The standard InChI is InChI=1S/C66H33N9S3/c1-70-46(37-67)31-40-19-25-43(26-20-40)55-34-52-64(76-55)58-61(73(52)49-13-7-4-8-14-49)59-63(75(51-17-11-6-12-18-51)54-36-57(77-65(54)59)45-29-23-42(24-30-45)33-48(39-69)72-3)60-62(58)74(50-15-9-5-10-16-50)53-35-56(78-66(53)60)44-27-21-41(22-28-44)32-47(38-68)71-2/h4-36H. The van der Waals surface area contributed by atoms with Gasteiger partial charge in [0.05, 0.1) is 85.1 Å². The maximum absolute atomic E-state index is 9.51. The molecule has 0 aliphatic rings. The van der Waals surface area contributed by atoms with Gasteiger partial charge in [0.2, 0.25) is 0 Å². The summed E-state index contributed by atoms with van der Waals surface area (Å²) >= 11 is 5.26. The maximum atomic E-state index is 9.51. The van der Waals surface area contributed by atoms with Crippen molar-refractivity contribution in [2.24, 2.45) is 0 Å². The van der Waals surface area contributed by atoms with E-state index in [1.165, 1.54) is 0 Å². The average Bonchev–Trinajstić information content (AvgIpc) is 3.39. The molecule has 12 heteroatoms. The van der Waals surface area contributed by atoms with E-state index in [0.29, 0.717) is 0 Å². The van der Waals surface area contributed by atoms with E-state index in [4.69, 9.17) is 19.7 Å². The highest BCUT2D eigenvalue weighted by Crippen LogP contribution is 2.55. The number of benzene rings is 7. The molecule has 0 unspecified atom stereocenters. The molecule has 7 aromatic carbocycles. The van der Waals surface area contributed by atoms with Crippen molar-refractivity contribution < 1.29 is 0 Å². The zero-order valence-corrected chi connectivity index (χ0v) is 43.3. The summed E-state index contributed by atoms with van der Waals surface area (Å²) in [6, 6.07) is 68.7. The number of thiophene rings is 3. The highest BCUT2D eigenvalue weighted by atomic mass is 32.1. The predicted octanol–water partition coefficient (Wildman–Crippen LogP) is 18.5. The molecule has 0 fully saturated rings. The normalized spacial score (nSPS) is 12.0. The Hall–Kier alpha value is -10.8. The number of aromatic nitrogens is 3. The number of nitriles is 3. The van der Waals surface area contributed by atoms with Gasteiger partial charge in [-0.15, -0.1) is 34.0 Å². The van der Waals surface area contributed by atoms with Gasteiger partial charge >= 0.3 is 0 Å². The fourth-order valence-electron chi connectivity index (χ4n) is 10.5. The van der Waals surface area contributed by atoms with Crippen LogP contribution in [-0.2, 0) is 0 Å². The van der Waals surface area contributed by atoms with Crippen molar-refractivity contribution in [3.8, 4) is 66.6 Å². The average molecular weight is 1050 g/mol. The summed E-state index contributed by atoms with van der Waals surface area (Å²) in [5.41, 5.74) is 14.9. The minimum Gasteiger partial charge on any atom is -0.308 e. The third kappa shape index (κ3) is 7.67. The molecule has 9 nitrogen and oxygen atoms in total. The van der Waals surface area contributed by atoms with Crippen LogP contribution in [0.1, 0.15) is 16.7 Å². The number of rotatable bonds is 9. The van der Waals surface area contributed by atoms with E-state index < -0.39 is 0 Å². The van der Waals surface area contributed by atoms with Crippen LogP contribution in [0.3, 0.4) is 0 Å². The third-order valence-corrected chi connectivity index (χ3v) is 17.4. The monoisotopic (exact) mass is 1050 g/mol. The molecule has 6 aromatic heterocycles. The smallest absolute Gasteiger partial charge is 0.262 e. The summed E-state index contributed by atoms with van der Waals surface area (Å²) < 4.78 is 10.7. The van der Waals surface area contributed by atoms with Crippen molar-refractivity contribution in [2.75, 3.05) is 0 Å². The van der Waals surface area contributed by atoms with E-state index >= 15 is 0 Å². The first-order valence-electron chi connectivity index (χ1n) is 24.4. The first-order chi connectivity index (χ1) is 38.4. The second kappa shape index (κ2) is 19.2. The molecule has 78 heavy (non-hydrogen) atoms. The zero-order valence-electron chi connectivity index (χ0n) is 40.8. The van der Waals surface area contributed by atoms with Gasteiger partial charge in [-0.3, -0.25) is 0 Å². The largest absolute Gasteiger partial charge is 0.308 e. The molecular weight excluding hydrogens is 1010 g/mol. The van der Waals surface area contributed by atoms with Crippen LogP contribution in [0.5, 0.6) is 0 Å². The molecule has 0 saturated heterocycles. The molecule has 0 amide bonds. The Labute approximate surface area is 458 Å². The van der Waals surface area contributed by atoms with Crippen molar-refractivity contribution in [2.45, 2.75) is 0 Å². The molecule has 0 atom stereocenters. The van der Waals surface area contributed by atoms with Gasteiger partial charge < -0.3 is 13.7 Å². The Balaban J connectivity index is 1.20. The molecule has 0 spiro atoms. The second-order valence-corrected chi connectivity index (χ2v) is 21.4. The molecule has 0 radical (unpaired) electrons. The van der Waals surface area contributed by atoms with Crippen LogP contribution in [0.25, 0.3) is 145 Å². The maximum Gasteiger partial charge on any atom is 0.262 e. The minimum atomic E-state index is 0.0292. The fraction of sp³-hybridized carbons (Fsp3) is 0. The van der Waals surface area contributed by atoms with Gasteiger partial charge in [-0.1, -0.05) is 127 Å². The molecule has 0 aliphatic heterocycles. The van der Waals surface area contributed by atoms with E-state index in [-0.39, 0.29) is 17.1 Å². The summed E-state index contributed by atoms with van der Waals surface area (Å²) in [7, 11) is 0. The SMILES string of the molecule is [C-]#[N+]C(C#N)=Cc1ccc(-c2cc3c(s2)c2c(c4c5sc(-c6ccc(C=C(C#N)[N+]#[C-])cc6)cc5n(-c5ccccc5)c4c4c5sc(-c6ccc(C=C(C#N)[N+]#[C-])cc6)cc5n(-c5ccccc5)c24)n3-c2ccccc2)cc1. The summed E-state index contributed by atoms with van der Waals surface area (Å²) in [5, 5.41) is 31.9. The van der Waals surface area contributed by atoms with Crippen molar-refractivity contribution in [1.29, 1.82) is 15.8 Å². The van der Waals surface area contributed by atoms with Gasteiger partial charge in [-0.25, -0.2) is 30.3 Å². The summed E-state index contributed by atoms with van der Waals surface area (Å²) in [6.07, 6.45) is 4.83. The van der Waals surface area contributed by atoms with Gasteiger partial charge in [-0.05, 0) is 106 Å². The zero-order chi connectivity index (χ0) is 53.0. The van der Waals surface area contributed by atoms with Gasteiger partial charge in [0.15, 0.2) is 0 Å². The number of nitrogens with zero attached hydrogens (tertiary/aromatic N) is 9.